The lowest BCUT2D eigenvalue weighted by Crippen LogP contribution is -2.29. The maximum Gasteiger partial charge on any atom is 0.319 e. The number of carbonyl (C=O) groups is 2. The third-order valence-electron chi connectivity index (χ3n) is 3.75. The maximum absolute atomic E-state index is 12.5. The second-order valence-electron chi connectivity index (χ2n) is 5.91. The van der Waals surface area contributed by atoms with E-state index in [1.165, 1.54) is 0 Å². The molecule has 0 atom stereocenters. The Morgan fingerprint density at radius 1 is 0.857 bits per heavy atom. The standard InChI is InChI=1S/C21H27N3O4/c1-4-12-22-21(26)24-17-14-18(27-5-2)16(13-19(17)28-6-3)23-20(25)15-10-8-7-9-11-15/h7-11,13-14H,4-6,12H2,1-3H3,(H,23,25)(H2,22,24,26). The summed E-state index contributed by atoms with van der Waals surface area (Å²) < 4.78 is 11.3. The normalized spacial score (nSPS) is 10.1. The van der Waals surface area contributed by atoms with Gasteiger partial charge >= 0.3 is 6.03 Å². The predicted octanol–water partition coefficient (Wildman–Crippen LogP) is 4.27. The van der Waals surface area contributed by atoms with Crippen molar-refractivity contribution in [3.05, 3.63) is 48.0 Å². The van der Waals surface area contributed by atoms with Crippen molar-refractivity contribution in [3.63, 3.8) is 0 Å². The molecule has 0 spiro atoms. The van der Waals surface area contributed by atoms with E-state index in [0.717, 1.165) is 6.42 Å². The Hall–Kier alpha value is -3.22. The Labute approximate surface area is 165 Å². The van der Waals surface area contributed by atoms with Crippen LogP contribution in [0.5, 0.6) is 11.5 Å². The van der Waals surface area contributed by atoms with Crippen LogP contribution in [0.25, 0.3) is 0 Å². The third-order valence-corrected chi connectivity index (χ3v) is 3.75. The van der Waals surface area contributed by atoms with Crippen LogP contribution in [0, 0.1) is 0 Å². The fourth-order valence-corrected chi connectivity index (χ4v) is 2.49. The summed E-state index contributed by atoms with van der Waals surface area (Å²) in [6, 6.07) is 11.9. The zero-order valence-electron chi connectivity index (χ0n) is 16.5. The second kappa shape index (κ2) is 10.8. The van der Waals surface area contributed by atoms with E-state index >= 15 is 0 Å². The molecule has 7 heteroatoms. The first kappa shape index (κ1) is 21.1. The van der Waals surface area contributed by atoms with Gasteiger partial charge in [-0.15, -0.1) is 0 Å². The first-order valence-corrected chi connectivity index (χ1v) is 9.43. The van der Waals surface area contributed by atoms with Crippen LogP contribution in [0.4, 0.5) is 16.2 Å². The van der Waals surface area contributed by atoms with Crippen LogP contribution in [0.15, 0.2) is 42.5 Å². The fourth-order valence-electron chi connectivity index (χ4n) is 2.49. The highest BCUT2D eigenvalue weighted by atomic mass is 16.5. The molecule has 7 nitrogen and oxygen atoms in total. The molecule has 3 amide bonds. The number of anilines is 2. The summed E-state index contributed by atoms with van der Waals surface area (Å²) in [7, 11) is 0. The molecule has 0 saturated carbocycles. The van der Waals surface area contributed by atoms with Crippen LogP contribution in [0.2, 0.25) is 0 Å². The van der Waals surface area contributed by atoms with Crippen LogP contribution < -0.4 is 25.4 Å². The van der Waals surface area contributed by atoms with E-state index < -0.39 is 0 Å². The van der Waals surface area contributed by atoms with Gasteiger partial charge in [-0.25, -0.2) is 4.79 Å². The first-order chi connectivity index (χ1) is 13.6. The molecule has 150 valence electrons. The van der Waals surface area contributed by atoms with E-state index in [0.29, 0.717) is 48.2 Å². The number of ether oxygens (including phenoxy) is 2. The highest BCUT2D eigenvalue weighted by molar-refractivity contribution is 6.05. The molecular weight excluding hydrogens is 358 g/mol. The predicted molar refractivity (Wildman–Crippen MR) is 110 cm³/mol. The van der Waals surface area contributed by atoms with Crippen LogP contribution in [-0.2, 0) is 0 Å². The number of rotatable bonds is 9. The highest BCUT2D eigenvalue weighted by Gasteiger charge is 2.16. The smallest absolute Gasteiger partial charge is 0.319 e. The van der Waals surface area contributed by atoms with Gasteiger partial charge in [-0.2, -0.15) is 0 Å². The summed E-state index contributed by atoms with van der Waals surface area (Å²) in [4.78, 5) is 24.6. The Bertz CT molecular complexity index is 794. The lowest BCUT2D eigenvalue weighted by molar-refractivity contribution is 0.102. The molecule has 2 aromatic rings. The molecule has 0 unspecified atom stereocenters. The minimum absolute atomic E-state index is 0.259. The number of nitrogens with one attached hydrogen (secondary N) is 3. The first-order valence-electron chi connectivity index (χ1n) is 9.43. The van der Waals surface area contributed by atoms with Crippen LogP contribution in [-0.4, -0.2) is 31.7 Å². The van der Waals surface area contributed by atoms with Gasteiger partial charge < -0.3 is 25.4 Å². The molecular formula is C21H27N3O4. The monoisotopic (exact) mass is 385 g/mol. The van der Waals surface area contributed by atoms with Gasteiger partial charge in [0.25, 0.3) is 5.91 Å². The van der Waals surface area contributed by atoms with Gasteiger partial charge in [0.15, 0.2) is 0 Å². The van der Waals surface area contributed by atoms with E-state index in [1.807, 2.05) is 26.8 Å². The van der Waals surface area contributed by atoms with E-state index in [-0.39, 0.29) is 11.9 Å². The molecule has 0 heterocycles. The van der Waals surface area contributed by atoms with Crippen molar-refractivity contribution in [2.24, 2.45) is 0 Å². The number of carbonyl (C=O) groups excluding carboxylic acids is 2. The molecule has 0 aliphatic carbocycles. The molecule has 0 fully saturated rings. The van der Waals surface area contributed by atoms with Crippen molar-refractivity contribution < 1.29 is 19.1 Å². The van der Waals surface area contributed by atoms with Gasteiger partial charge in [-0.1, -0.05) is 25.1 Å². The van der Waals surface area contributed by atoms with Crippen LogP contribution in [0.1, 0.15) is 37.6 Å². The third kappa shape index (κ3) is 5.90. The Morgan fingerprint density at radius 3 is 1.96 bits per heavy atom. The quantitative estimate of drug-likeness (QED) is 0.601. The summed E-state index contributed by atoms with van der Waals surface area (Å²) in [5, 5.41) is 8.38. The van der Waals surface area contributed by atoms with Gasteiger partial charge in [-0.05, 0) is 32.4 Å². The molecule has 0 aliphatic heterocycles. The summed E-state index contributed by atoms with van der Waals surface area (Å²) in [5.41, 5.74) is 1.47. The molecule has 0 aliphatic rings. The summed E-state index contributed by atoms with van der Waals surface area (Å²) in [6.07, 6.45) is 0.834. The van der Waals surface area contributed by atoms with Crippen molar-refractivity contribution in [2.75, 3.05) is 30.4 Å². The average Bonchev–Trinajstić information content (AvgIpc) is 2.70. The largest absolute Gasteiger partial charge is 0.492 e. The minimum atomic E-state index is -0.327. The Balaban J connectivity index is 2.32. The number of benzene rings is 2. The van der Waals surface area contributed by atoms with E-state index in [1.54, 1.807) is 36.4 Å². The lowest BCUT2D eigenvalue weighted by atomic mass is 10.2. The van der Waals surface area contributed by atoms with Crippen molar-refractivity contribution in [1.29, 1.82) is 0 Å². The molecule has 0 radical (unpaired) electrons. The van der Waals surface area contributed by atoms with Gasteiger partial charge in [0, 0.05) is 24.2 Å². The van der Waals surface area contributed by atoms with Crippen LogP contribution in [0.3, 0.4) is 0 Å². The average molecular weight is 385 g/mol. The molecule has 28 heavy (non-hydrogen) atoms. The van der Waals surface area contributed by atoms with Crippen molar-refractivity contribution in [2.45, 2.75) is 27.2 Å². The molecule has 2 rings (SSSR count). The van der Waals surface area contributed by atoms with Gasteiger partial charge in [-0.3, -0.25) is 4.79 Å². The van der Waals surface area contributed by atoms with E-state index in [9.17, 15) is 9.59 Å². The number of hydrogen-bond donors (Lipinski definition) is 3. The highest BCUT2D eigenvalue weighted by Crippen LogP contribution is 2.37. The van der Waals surface area contributed by atoms with Crippen molar-refractivity contribution in [1.82, 2.24) is 5.32 Å². The Kier molecular flexibility index (Phi) is 8.14. The zero-order valence-corrected chi connectivity index (χ0v) is 16.5. The molecule has 2 aromatic carbocycles. The van der Waals surface area contributed by atoms with Crippen molar-refractivity contribution >= 4 is 23.3 Å². The minimum Gasteiger partial charge on any atom is -0.492 e. The maximum atomic E-state index is 12.5. The number of urea groups is 1. The van der Waals surface area contributed by atoms with Gasteiger partial charge in [0.1, 0.15) is 11.5 Å². The van der Waals surface area contributed by atoms with Crippen LogP contribution >= 0.6 is 0 Å². The second-order valence-corrected chi connectivity index (χ2v) is 5.91. The summed E-state index contributed by atoms with van der Waals surface area (Å²) in [5.74, 6) is 0.632. The van der Waals surface area contributed by atoms with E-state index in [4.69, 9.17) is 9.47 Å². The topological polar surface area (TPSA) is 88.7 Å². The number of amides is 3. The van der Waals surface area contributed by atoms with Gasteiger partial charge in [0.05, 0.1) is 24.6 Å². The summed E-state index contributed by atoms with van der Waals surface area (Å²) in [6.45, 7) is 7.05. The summed E-state index contributed by atoms with van der Waals surface area (Å²) >= 11 is 0. The number of hydrogen-bond acceptors (Lipinski definition) is 4. The van der Waals surface area contributed by atoms with Gasteiger partial charge in [0.2, 0.25) is 0 Å². The lowest BCUT2D eigenvalue weighted by Gasteiger charge is -2.18. The zero-order chi connectivity index (χ0) is 20.4. The Morgan fingerprint density at radius 2 is 1.43 bits per heavy atom. The SMILES string of the molecule is CCCNC(=O)Nc1cc(OCC)c(NC(=O)c2ccccc2)cc1OCC. The van der Waals surface area contributed by atoms with E-state index in [2.05, 4.69) is 16.0 Å². The molecule has 0 saturated heterocycles. The fraction of sp³-hybridized carbons (Fsp3) is 0.333. The molecule has 3 N–H and O–H groups in total. The van der Waals surface area contributed by atoms with Crippen molar-refractivity contribution in [3.8, 4) is 11.5 Å². The molecule has 0 bridgehead atoms. The molecule has 0 aromatic heterocycles.